The summed E-state index contributed by atoms with van der Waals surface area (Å²) in [5, 5.41) is 9.30. The summed E-state index contributed by atoms with van der Waals surface area (Å²) in [6, 6.07) is 4.07. The second kappa shape index (κ2) is 8.30. The molecule has 35 heavy (non-hydrogen) atoms. The van der Waals surface area contributed by atoms with Crippen LogP contribution in [0.1, 0.15) is 64.7 Å². The molecule has 4 aromatic heterocycles. The fraction of sp³-hybridized carbons (Fsp3) is 0.480. The number of rotatable bonds is 3. The highest BCUT2D eigenvalue weighted by Crippen LogP contribution is 2.33. The maximum atomic E-state index is 13.8. The van der Waals surface area contributed by atoms with E-state index in [0.29, 0.717) is 17.8 Å². The van der Waals surface area contributed by atoms with Crippen molar-refractivity contribution in [2.75, 3.05) is 24.5 Å². The summed E-state index contributed by atoms with van der Waals surface area (Å²) < 4.78 is 3.58. The number of hydrogen-bond donors (Lipinski definition) is 1. The van der Waals surface area contributed by atoms with Crippen molar-refractivity contribution in [1.82, 2.24) is 34.1 Å². The molecule has 10 heteroatoms. The highest BCUT2D eigenvalue weighted by molar-refractivity contribution is 6.00. The molecular weight excluding hydrogens is 442 g/mol. The molecule has 4 aromatic rings. The third kappa shape index (κ3) is 3.72. The summed E-state index contributed by atoms with van der Waals surface area (Å²) in [5.41, 5.74) is 11.8. The van der Waals surface area contributed by atoms with Gasteiger partial charge in [0, 0.05) is 54.9 Å². The molecule has 0 aromatic carbocycles. The van der Waals surface area contributed by atoms with Gasteiger partial charge >= 0.3 is 0 Å². The number of aryl methyl sites for hydroxylation is 3. The summed E-state index contributed by atoms with van der Waals surface area (Å²) in [4.78, 5) is 27.5. The van der Waals surface area contributed by atoms with Crippen molar-refractivity contribution in [2.45, 2.75) is 58.5 Å². The lowest BCUT2D eigenvalue weighted by atomic mass is 9.98. The van der Waals surface area contributed by atoms with Gasteiger partial charge in [-0.25, -0.2) is 19.0 Å². The monoisotopic (exact) mass is 473 g/mol. The molecule has 2 aliphatic heterocycles. The van der Waals surface area contributed by atoms with Crippen LogP contribution < -0.4 is 10.6 Å². The Hall–Kier alpha value is -3.53. The Labute approximate surface area is 203 Å². The molecule has 1 amide bonds. The Morgan fingerprint density at radius 1 is 1.09 bits per heavy atom. The van der Waals surface area contributed by atoms with Crippen molar-refractivity contribution in [2.24, 2.45) is 5.73 Å². The number of piperidine rings is 1. The van der Waals surface area contributed by atoms with E-state index in [1.807, 2.05) is 41.6 Å². The number of aromatic nitrogens is 6. The minimum atomic E-state index is -0.109. The summed E-state index contributed by atoms with van der Waals surface area (Å²) in [6.45, 7) is 8.40. The molecule has 2 saturated heterocycles. The maximum absolute atomic E-state index is 13.8. The molecule has 0 saturated carbocycles. The number of amides is 1. The summed E-state index contributed by atoms with van der Waals surface area (Å²) in [6.07, 6.45) is 7.54. The third-order valence-electron chi connectivity index (χ3n) is 7.26. The predicted molar refractivity (Wildman–Crippen MR) is 133 cm³/mol. The lowest BCUT2D eigenvalue weighted by Crippen LogP contribution is -2.38. The van der Waals surface area contributed by atoms with E-state index in [-0.39, 0.29) is 18.0 Å². The number of carbonyl (C=O) groups is 1. The van der Waals surface area contributed by atoms with Gasteiger partial charge in [-0.1, -0.05) is 0 Å². The first-order valence-corrected chi connectivity index (χ1v) is 12.4. The van der Waals surface area contributed by atoms with E-state index >= 15 is 0 Å². The summed E-state index contributed by atoms with van der Waals surface area (Å²) in [7, 11) is 0. The number of anilines is 1. The normalized spacial score (nSPS) is 20.9. The SMILES string of the molecule is Cc1cc(C)n2ncc(C(=O)N3CCCC[C@H]3c3cc4nc(N5CC[C@H](N)C5)c(C)cn4n3)c2n1. The van der Waals surface area contributed by atoms with Crippen LogP contribution in [0, 0.1) is 20.8 Å². The lowest BCUT2D eigenvalue weighted by Gasteiger charge is -2.34. The number of hydrogen-bond acceptors (Lipinski definition) is 7. The van der Waals surface area contributed by atoms with Crippen molar-refractivity contribution in [1.29, 1.82) is 0 Å². The zero-order chi connectivity index (χ0) is 24.3. The highest BCUT2D eigenvalue weighted by atomic mass is 16.2. The Morgan fingerprint density at radius 2 is 1.94 bits per heavy atom. The quantitative estimate of drug-likeness (QED) is 0.487. The van der Waals surface area contributed by atoms with Crippen LogP contribution in [-0.4, -0.2) is 65.7 Å². The standard InChI is InChI=1S/C25H31N9O/c1-15-13-33-22(29-23(15)31-9-7-18(26)14-31)11-20(30-33)21-6-4-5-8-32(21)25(35)19-12-27-34-17(3)10-16(2)28-24(19)34/h10-13,18,21H,4-9,14,26H2,1-3H3/t18-,21-/m0/s1. The van der Waals surface area contributed by atoms with E-state index in [4.69, 9.17) is 15.8 Å². The maximum Gasteiger partial charge on any atom is 0.259 e. The molecule has 0 radical (unpaired) electrons. The molecule has 6 heterocycles. The average molecular weight is 474 g/mol. The molecule has 0 bridgehead atoms. The topological polar surface area (TPSA) is 110 Å². The first-order chi connectivity index (χ1) is 16.9. The van der Waals surface area contributed by atoms with Gasteiger partial charge in [-0.05, 0) is 52.5 Å². The van der Waals surface area contributed by atoms with Gasteiger partial charge in [0.1, 0.15) is 11.4 Å². The second-order valence-electron chi connectivity index (χ2n) is 9.96. The Bertz CT molecular complexity index is 1440. The van der Waals surface area contributed by atoms with Crippen molar-refractivity contribution < 1.29 is 4.79 Å². The second-order valence-corrected chi connectivity index (χ2v) is 9.96. The first-order valence-electron chi connectivity index (χ1n) is 12.4. The van der Waals surface area contributed by atoms with Crippen LogP contribution in [0.3, 0.4) is 0 Å². The molecule has 0 unspecified atom stereocenters. The highest BCUT2D eigenvalue weighted by Gasteiger charge is 2.33. The number of likely N-dealkylation sites (tertiary alicyclic amines) is 1. The minimum absolute atomic E-state index is 0.0462. The summed E-state index contributed by atoms with van der Waals surface area (Å²) >= 11 is 0. The van der Waals surface area contributed by atoms with Crippen LogP contribution in [0.5, 0.6) is 0 Å². The molecule has 6 rings (SSSR count). The van der Waals surface area contributed by atoms with Crippen LogP contribution in [0.4, 0.5) is 5.82 Å². The van der Waals surface area contributed by atoms with Gasteiger partial charge in [0.2, 0.25) is 0 Å². The van der Waals surface area contributed by atoms with Crippen molar-refractivity contribution >= 4 is 23.0 Å². The molecule has 182 valence electrons. The molecule has 2 N–H and O–H groups in total. The molecule has 2 aliphatic rings. The van der Waals surface area contributed by atoms with Gasteiger partial charge in [0.05, 0.1) is 17.9 Å². The van der Waals surface area contributed by atoms with E-state index in [1.54, 1.807) is 10.7 Å². The zero-order valence-corrected chi connectivity index (χ0v) is 20.5. The van der Waals surface area contributed by atoms with E-state index in [2.05, 4.69) is 21.9 Å². The number of nitrogens with two attached hydrogens (primary N) is 1. The summed E-state index contributed by atoms with van der Waals surface area (Å²) in [5.74, 6) is 0.923. The predicted octanol–water partition coefficient (Wildman–Crippen LogP) is 2.60. The van der Waals surface area contributed by atoms with Gasteiger partial charge in [-0.3, -0.25) is 4.79 Å². The van der Waals surface area contributed by atoms with E-state index in [1.165, 1.54) is 0 Å². The van der Waals surface area contributed by atoms with Gasteiger partial charge < -0.3 is 15.5 Å². The molecular formula is C25H31N9O. The molecule has 0 aliphatic carbocycles. The Balaban J connectivity index is 1.35. The van der Waals surface area contributed by atoms with Crippen LogP contribution >= 0.6 is 0 Å². The van der Waals surface area contributed by atoms with Crippen molar-refractivity contribution in [3.63, 3.8) is 0 Å². The fourth-order valence-electron chi connectivity index (χ4n) is 5.54. The number of nitrogens with zero attached hydrogens (tertiary/aromatic N) is 8. The van der Waals surface area contributed by atoms with Crippen molar-refractivity contribution in [3.8, 4) is 0 Å². The van der Waals surface area contributed by atoms with E-state index in [9.17, 15) is 4.79 Å². The first kappa shape index (κ1) is 22.0. The third-order valence-corrected chi connectivity index (χ3v) is 7.26. The smallest absolute Gasteiger partial charge is 0.259 e. The van der Waals surface area contributed by atoms with Crippen LogP contribution in [0.15, 0.2) is 24.5 Å². The van der Waals surface area contributed by atoms with Gasteiger partial charge in [-0.15, -0.1) is 0 Å². The lowest BCUT2D eigenvalue weighted by molar-refractivity contribution is 0.0607. The van der Waals surface area contributed by atoms with E-state index < -0.39 is 0 Å². The molecule has 2 atom stereocenters. The Kier molecular flexibility index (Phi) is 5.21. The largest absolute Gasteiger partial charge is 0.355 e. The van der Waals surface area contributed by atoms with Gasteiger partial charge in [0.25, 0.3) is 5.91 Å². The van der Waals surface area contributed by atoms with Gasteiger partial charge in [0.15, 0.2) is 11.3 Å². The minimum Gasteiger partial charge on any atom is -0.355 e. The Morgan fingerprint density at radius 3 is 2.74 bits per heavy atom. The zero-order valence-electron chi connectivity index (χ0n) is 20.5. The van der Waals surface area contributed by atoms with Crippen LogP contribution in [0.25, 0.3) is 11.3 Å². The molecule has 10 nitrogen and oxygen atoms in total. The van der Waals surface area contributed by atoms with E-state index in [0.717, 1.165) is 72.9 Å². The molecule has 0 spiro atoms. The average Bonchev–Trinajstić information content (AvgIpc) is 3.56. The molecule has 2 fully saturated rings. The van der Waals surface area contributed by atoms with Gasteiger partial charge in [-0.2, -0.15) is 10.2 Å². The van der Waals surface area contributed by atoms with Crippen LogP contribution in [0.2, 0.25) is 0 Å². The van der Waals surface area contributed by atoms with Crippen LogP contribution in [-0.2, 0) is 0 Å². The van der Waals surface area contributed by atoms with Crippen molar-refractivity contribution in [3.05, 3.63) is 52.7 Å². The fourth-order valence-corrected chi connectivity index (χ4v) is 5.54. The number of carbonyl (C=O) groups excluding carboxylic acids is 1. The number of fused-ring (bicyclic) bond motifs is 2.